The van der Waals surface area contributed by atoms with Gasteiger partial charge in [0.2, 0.25) is 0 Å². The first-order chi connectivity index (χ1) is 7.36. The van der Waals surface area contributed by atoms with E-state index in [0.717, 1.165) is 25.1 Å². The summed E-state index contributed by atoms with van der Waals surface area (Å²) in [6.45, 7) is 1.23. The van der Waals surface area contributed by atoms with Crippen LogP contribution in [-0.4, -0.2) is 24.5 Å². The first kappa shape index (κ1) is 12.6. The molecular weight excluding hydrogens is 206 g/mol. The van der Waals surface area contributed by atoms with Gasteiger partial charge in [0.1, 0.15) is 0 Å². The molecule has 0 atom stereocenters. The van der Waals surface area contributed by atoms with Gasteiger partial charge in [-0.25, -0.2) is 0 Å². The molecule has 15 heavy (non-hydrogen) atoms. The molecule has 0 aliphatic rings. The number of hydrogen-bond donors (Lipinski definition) is 2. The van der Waals surface area contributed by atoms with Crippen LogP contribution in [0.2, 0.25) is 0 Å². The van der Waals surface area contributed by atoms with Gasteiger partial charge in [0.05, 0.1) is 0 Å². The molecule has 3 heteroatoms. The third-order valence-corrected chi connectivity index (χ3v) is 3.18. The van der Waals surface area contributed by atoms with E-state index in [9.17, 15) is 0 Å². The Balaban J connectivity index is 2.36. The van der Waals surface area contributed by atoms with Gasteiger partial charge >= 0.3 is 0 Å². The molecule has 0 bridgehead atoms. The lowest BCUT2D eigenvalue weighted by molar-refractivity contribution is 0.287. The maximum Gasteiger partial charge on any atom is 0.0431 e. The highest BCUT2D eigenvalue weighted by Gasteiger charge is 1.96. The molecule has 0 heterocycles. The van der Waals surface area contributed by atoms with Gasteiger partial charge in [0, 0.05) is 18.0 Å². The van der Waals surface area contributed by atoms with Crippen LogP contribution in [-0.2, 0) is 6.54 Å². The molecule has 0 spiro atoms. The first-order valence-corrected chi connectivity index (χ1v) is 6.32. The normalized spacial score (nSPS) is 10.5. The van der Waals surface area contributed by atoms with Crippen LogP contribution in [0.4, 0.5) is 0 Å². The SMILES string of the molecule is CNCc1cccc(SCCCCO)c1. The second-order valence-electron chi connectivity index (χ2n) is 3.46. The van der Waals surface area contributed by atoms with E-state index >= 15 is 0 Å². The van der Waals surface area contributed by atoms with Crippen molar-refractivity contribution in [3.05, 3.63) is 29.8 Å². The summed E-state index contributed by atoms with van der Waals surface area (Å²) in [6, 6.07) is 8.60. The fraction of sp³-hybridized carbons (Fsp3) is 0.500. The molecule has 0 saturated heterocycles. The molecule has 0 aliphatic heterocycles. The van der Waals surface area contributed by atoms with Crippen LogP contribution >= 0.6 is 11.8 Å². The van der Waals surface area contributed by atoms with Crippen LogP contribution in [0.25, 0.3) is 0 Å². The van der Waals surface area contributed by atoms with Gasteiger partial charge in [-0.2, -0.15) is 0 Å². The second-order valence-corrected chi connectivity index (χ2v) is 4.63. The molecule has 84 valence electrons. The Kier molecular flexibility index (Phi) is 6.48. The summed E-state index contributed by atoms with van der Waals surface area (Å²) in [5, 5.41) is 11.8. The van der Waals surface area contributed by atoms with Crippen molar-refractivity contribution in [3.63, 3.8) is 0 Å². The van der Waals surface area contributed by atoms with Crippen molar-refractivity contribution < 1.29 is 5.11 Å². The van der Waals surface area contributed by atoms with Crippen molar-refractivity contribution >= 4 is 11.8 Å². The number of thioether (sulfide) groups is 1. The summed E-state index contributed by atoms with van der Waals surface area (Å²) in [6.07, 6.45) is 1.99. The highest BCUT2D eigenvalue weighted by molar-refractivity contribution is 7.99. The van der Waals surface area contributed by atoms with Gasteiger partial charge in [0.25, 0.3) is 0 Å². The molecule has 0 fully saturated rings. The van der Waals surface area contributed by atoms with E-state index in [0.29, 0.717) is 6.61 Å². The zero-order chi connectivity index (χ0) is 10.9. The Morgan fingerprint density at radius 1 is 1.33 bits per heavy atom. The lowest BCUT2D eigenvalue weighted by Gasteiger charge is -2.04. The molecular formula is C12H19NOS. The van der Waals surface area contributed by atoms with Gasteiger partial charge in [-0.3, -0.25) is 0 Å². The van der Waals surface area contributed by atoms with E-state index in [1.54, 1.807) is 0 Å². The van der Waals surface area contributed by atoms with Crippen LogP contribution in [0, 0.1) is 0 Å². The first-order valence-electron chi connectivity index (χ1n) is 5.34. The minimum atomic E-state index is 0.306. The molecule has 0 saturated carbocycles. The van der Waals surface area contributed by atoms with Crippen molar-refractivity contribution in [2.75, 3.05) is 19.4 Å². The summed E-state index contributed by atoms with van der Waals surface area (Å²) < 4.78 is 0. The summed E-state index contributed by atoms with van der Waals surface area (Å²) in [4.78, 5) is 1.32. The van der Waals surface area contributed by atoms with Crippen LogP contribution in [0.5, 0.6) is 0 Å². The van der Waals surface area contributed by atoms with Crippen molar-refractivity contribution in [2.24, 2.45) is 0 Å². The Bertz CT molecular complexity index is 278. The smallest absolute Gasteiger partial charge is 0.0431 e. The number of nitrogens with one attached hydrogen (secondary N) is 1. The number of aliphatic hydroxyl groups is 1. The largest absolute Gasteiger partial charge is 0.396 e. The molecule has 1 aromatic rings. The van der Waals surface area contributed by atoms with E-state index in [2.05, 4.69) is 29.6 Å². The third-order valence-electron chi connectivity index (χ3n) is 2.10. The van der Waals surface area contributed by atoms with Gasteiger partial charge in [-0.15, -0.1) is 11.8 Å². The Hall–Kier alpha value is -0.510. The molecule has 0 amide bonds. The van der Waals surface area contributed by atoms with Gasteiger partial charge in [0.15, 0.2) is 0 Å². The highest BCUT2D eigenvalue weighted by atomic mass is 32.2. The zero-order valence-corrected chi connectivity index (χ0v) is 10.0. The lowest BCUT2D eigenvalue weighted by Crippen LogP contribution is -2.04. The number of rotatable bonds is 7. The Morgan fingerprint density at radius 2 is 2.20 bits per heavy atom. The molecule has 0 aromatic heterocycles. The summed E-state index contributed by atoms with van der Waals surface area (Å²) in [5.74, 6) is 1.09. The topological polar surface area (TPSA) is 32.3 Å². The van der Waals surface area contributed by atoms with E-state index in [1.807, 2.05) is 18.8 Å². The monoisotopic (exact) mass is 225 g/mol. The molecule has 2 nitrogen and oxygen atoms in total. The number of aliphatic hydroxyl groups excluding tert-OH is 1. The fourth-order valence-corrected chi connectivity index (χ4v) is 2.35. The van der Waals surface area contributed by atoms with Crippen LogP contribution in [0.15, 0.2) is 29.2 Å². The third kappa shape index (κ3) is 5.21. The maximum absolute atomic E-state index is 8.66. The number of unbranched alkanes of at least 4 members (excludes halogenated alkanes) is 1. The Labute approximate surface area is 96.1 Å². The predicted molar refractivity (Wildman–Crippen MR) is 66.2 cm³/mol. The number of benzene rings is 1. The standard InChI is InChI=1S/C12H19NOS/c1-13-10-11-5-4-6-12(9-11)15-8-3-2-7-14/h4-6,9,13-14H,2-3,7-8,10H2,1H3. The van der Waals surface area contributed by atoms with Crippen molar-refractivity contribution in [1.82, 2.24) is 5.32 Å². The minimum Gasteiger partial charge on any atom is -0.396 e. The van der Waals surface area contributed by atoms with Crippen molar-refractivity contribution in [3.8, 4) is 0 Å². The molecule has 0 aliphatic carbocycles. The molecule has 1 rings (SSSR count). The Morgan fingerprint density at radius 3 is 2.93 bits per heavy atom. The maximum atomic E-state index is 8.66. The van der Waals surface area contributed by atoms with Crippen molar-refractivity contribution in [1.29, 1.82) is 0 Å². The average molecular weight is 225 g/mol. The van der Waals surface area contributed by atoms with Gasteiger partial charge in [-0.1, -0.05) is 12.1 Å². The molecule has 1 aromatic carbocycles. The van der Waals surface area contributed by atoms with Crippen LogP contribution < -0.4 is 5.32 Å². The minimum absolute atomic E-state index is 0.306. The summed E-state index contributed by atoms with van der Waals surface area (Å²) in [5.41, 5.74) is 1.32. The summed E-state index contributed by atoms with van der Waals surface area (Å²) >= 11 is 1.86. The molecule has 0 unspecified atom stereocenters. The fourth-order valence-electron chi connectivity index (χ4n) is 1.35. The van der Waals surface area contributed by atoms with Gasteiger partial charge in [-0.05, 0) is 43.3 Å². The van der Waals surface area contributed by atoms with E-state index in [4.69, 9.17) is 5.11 Å². The lowest BCUT2D eigenvalue weighted by atomic mass is 10.2. The average Bonchev–Trinajstić information content (AvgIpc) is 2.26. The predicted octanol–water partition coefficient (Wildman–Crippen LogP) is 2.27. The van der Waals surface area contributed by atoms with E-state index < -0.39 is 0 Å². The van der Waals surface area contributed by atoms with E-state index in [-0.39, 0.29) is 0 Å². The number of hydrogen-bond acceptors (Lipinski definition) is 3. The van der Waals surface area contributed by atoms with Gasteiger partial charge < -0.3 is 10.4 Å². The second kappa shape index (κ2) is 7.74. The molecule has 2 N–H and O–H groups in total. The van der Waals surface area contributed by atoms with Crippen LogP contribution in [0.1, 0.15) is 18.4 Å². The van der Waals surface area contributed by atoms with Crippen LogP contribution in [0.3, 0.4) is 0 Å². The highest BCUT2D eigenvalue weighted by Crippen LogP contribution is 2.20. The quantitative estimate of drug-likeness (QED) is 0.551. The van der Waals surface area contributed by atoms with E-state index in [1.165, 1.54) is 10.5 Å². The summed E-state index contributed by atoms with van der Waals surface area (Å²) in [7, 11) is 1.96. The zero-order valence-electron chi connectivity index (χ0n) is 9.20. The van der Waals surface area contributed by atoms with Crippen molar-refractivity contribution in [2.45, 2.75) is 24.3 Å². The molecule has 0 radical (unpaired) electrons.